The lowest BCUT2D eigenvalue weighted by molar-refractivity contribution is 0.0636. The van der Waals surface area contributed by atoms with E-state index in [0.29, 0.717) is 0 Å². The average Bonchev–Trinajstić information content (AvgIpc) is 2.25. The van der Waals surface area contributed by atoms with E-state index < -0.39 is 11.7 Å². The Kier molecular flexibility index (Phi) is 3.80. The summed E-state index contributed by atoms with van der Waals surface area (Å²) in [5, 5.41) is 4.83. The fraction of sp³-hybridized carbons (Fsp3) is 0.267. The van der Waals surface area contributed by atoms with Gasteiger partial charge in [-0.05, 0) is 38.3 Å². The van der Waals surface area contributed by atoms with Crippen LogP contribution in [0.4, 0.5) is 10.5 Å². The third-order valence-corrected chi connectivity index (χ3v) is 2.92. The normalized spacial score (nSPS) is 11.4. The van der Waals surface area contributed by atoms with Gasteiger partial charge in [0.15, 0.2) is 0 Å². The number of hydrogen-bond donors (Lipinski definition) is 1. The molecule has 0 saturated carbocycles. The second-order valence-electron chi connectivity index (χ2n) is 5.30. The van der Waals surface area contributed by atoms with Crippen molar-refractivity contribution in [3.8, 4) is 0 Å². The van der Waals surface area contributed by atoms with Crippen LogP contribution >= 0.6 is 15.9 Å². The van der Waals surface area contributed by atoms with Crippen LogP contribution < -0.4 is 5.32 Å². The van der Waals surface area contributed by atoms with E-state index in [1.165, 1.54) is 0 Å². The molecule has 0 atom stereocenters. The number of fused-ring (bicyclic) bond motifs is 1. The van der Waals surface area contributed by atoms with Gasteiger partial charge in [-0.2, -0.15) is 0 Å². The predicted octanol–water partition coefficient (Wildman–Crippen LogP) is 4.95. The summed E-state index contributed by atoms with van der Waals surface area (Å²) in [6, 6.07) is 11.7. The number of hydrogen-bond acceptors (Lipinski definition) is 2. The lowest BCUT2D eigenvalue weighted by Gasteiger charge is -2.20. The van der Waals surface area contributed by atoms with Crippen molar-refractivity contribution in [2.75, 3.05) is 5.32 Å². The number of halogens is 1. The van der Waals surface area contributed by atoms with Crippen LogP contribution in [0.25, 0.3) is 10.8 Å². The summed E-state index contributed by atoms with van der Waals surface area (Å²) in [5.74, 6) is 0. The SMILES string of the molecule is CC(C)(C)OC(=O)Nc1cc(Br)cc2ccccc12. The van der Waals surface area contributed by atoms with Gasteiger partial charge in [-0.3, -0.25) is 5.32 Å². The second kappa shape index (κ2) is 5.21. The van der Waals surface area contributed by atoms with Gasteiger partial charge in [0.1, 0.15) is 5.60 Å². The van der Waals surface area contributed by atoms with Crippen molar-refractivity contribution in [3.63, 3.8) is 0 Å². The first-order valence-corrected chi connectivity index (χ1v) is 6.83. The van der Waals surface area contributed by atoms with Gasteiger partial charge in [-0.25, -0.2) is 4.79 Å². The Balaban J connectivity index is 2.32. The molecule has 2 aromatic carbocycles. The Bertz CT molecular complexity index is 617. The molecule has 0 radical (unpaired) electrons. The van der Waals surface area contributed by atoms with Crippen LogP contribution in [-0.4, -0.2) is 11.7 Å². The molecule has 1 amide bonds. The van der Waals surface area contributed by atoms with Crippen LogP contribution in [0.1, 0.15) is 20.8 Å². The van der Waals surface area contributed by atoms with Gasteiger partial charge in [0.25, 0.3) is 0 Å². The van der Waals surface area contributed by atoms with Gasteiger partial charge in [-0.15, -0.1) is 0 Å². The van der Waals surface area contributed by atoms with Crippen molar-refractivity contribution < 1.29 is 9.53 Å². The summed E-state index contributed by atoms with van der Waals surface area (Å²) in [6.07, 6.45) is -0.448. The predicted molar refractivity (Wildman–Crippen MR) is 81.5 cm³/mol. The summed E-state index contributed by atoms with van der Waals surface area (Å²) < 4.78 is 6.18. The Morgan fingerprint density at radius 2 is 1.89 bits per heavy atom. The molecule has 19 heavy (non-hydrogen) atoms. The Hall–Kier alpha value is -1.55. The summed E-state index contributed by atoms with van der Waals surface area (Å²) in [4.78, 5) is 11.8. The zero-order valence-electron chi connectivity index (χ0n) is 11.2. The molecule has 3 nitrogen and oxygen atoms in total. The van der Waals surface area contributed by atoms with E-state index in [4.69, 9.17) is 4.74 Å². The molecule has 0 aliphatic carbocycles. The number of carbonyl (C=O) groups excluding carboxylic acids is 1. The topological polar surface area (TPSA) is 38.3 Å². The molecule has 0 aliphatic rings. The van der Waals surface area contributed by atoms with Crippen molar-refractivity contribution >= 4 is 38.5 Å². The monoisotopic (exact) mass is 321 g/mol. The van der Waals surface area contributed by atoms with E-state index in [0.717, 1.165) is 20.9 Å². The molecule has 0 saturated heterocycles. The number of ether oxygens (including phenoxy) is 1. The maximum Gasteiger partial charge on any atom is 0.412 e. The van der Waals surface area contributed by atoms with E-state index in [1.54, 1.807) is 0 Å². The summed E-state index contributed by atoms with van der Waals surface area (Å²) in [6.45, 7) is 5.52. The fourth-order valence-corrected chi connectivity index (χ4v) is 2.27. The van der Waals surface area contributed by atoms with Crippen molar-refractivity contribution in [1.82, 2.24) is 0 Å². The molecule has 1 N–H and O–H groups in total. The standard InChI is InChI=1S/C15H16BrNO2/c1-15(2,3)19-14(18)17-13-9-11(16)8-10-6-4-5-7-12(10)13/h4-9H,1-3H3,(H,17,18). The molecule has 2 rings (SSSR count). The van der Waals surface area contributed by atoms with E-state index in [-0.39, 0.29) is 0 Å². The zero-order valence-corrected chi connectivity index (χ0v) is 12.7. The quantitative estimate of drug-likeness (QED) is 0.807. The molecule has 0 aromatic heterocycles. The highest BCUT2D eigenvalue weighted by molar-refractivity contribution is 9.10. The van der Waals surface area contributed by atoms with Crippen molar-refractivity contribution in [2.24, 2.45) is 0 Å². The molecule has 0 spiro atoms. The summed E-state index contributed by atoms with van der Waals surface area (Å²) >= 11 is 3.44. The van der Waals surface area contributed by atoms with E-state index in [9.17, 15) is 4.79 Å². The molecule has 4 heteroatoms. The molecule has 100 valence electrons. The van der Waals surface area contributed by atoms with E-state index >= 15 is 0 Å². The highest BCUT2D eigenvalue weighted by Gasteiger charge is 2.17. The Morgan fingerprint density at radius 3 is 2.58 bits per heavy atom. The van der Waals surface area contributed by atoms with Crippen LogP contribution in [0, 0.1) is 0 Å². The largest absolute Gasteiger partial charge is 0.444 e. The first-order valence-electron chi connectivity index (χ1n) is 6.03. The van der Waals surface area contributed by atoms with Crippen LogP contribution in [-0.2, 0) is 4.74 Å². The fourth-order valence-electron chi connectivity index (χ4n) is 1.79. The first-order chi connectivity index (χ1) is 8.85. The molecule has 0 aliphatic heterocycles. The number of nitrogens with one attached hydrogen (secondary N) is 1. The number of rotatable bonds is 1. The lowest BCUT2D eigenvalue weighted by Crippen LogP contribution is -2.27. The minimum absolute atomic E-state index is 0.448. The third kappa shape index (κ3) is 3.70. The van der Waals surface area contributed by atoms with Gasteiger partial charge in [-0.1, -0.05) is 40.2 Å². The van der Waals surface area contributed by atoms with E-state index in [1.807, 2.05) is 57.2 Å². The van der Waals surface area contributed by atoms with Crippen molar-refractivity contribution in [2.45, 2.75) is 26.4 Å². The molecule has 0 unspecified atom stereocenters. The smallest absolute Gasteiger partial charge is 0.412 e. The zero-order chi connectivity index (χ0) is 14.0. The maximum atomic E-state index is 11.8. The van der Waals surface area contributed by atoms with E-state index in [2.05, 4.69) is 21.2 Å². The Morgan fingerprint density at radius 1 is 1.21 bits per heavy atom. The molecular formula is C15H16BrNO2. The van der Waals surface area contributed by atoms with Crippen molar-refractivity contribution in [1.29, 1.82) is 0 Å². The van der Waals surface area contributed by atoms with Gasteiger partial charge < -0.3 is 4.74 Å². The summed E-state index contributed by atoms with van der Waals surface area (Å²) in [7, 11) is 0. The summed E-state index contributed by atoms with van der Waals surface area (Å²) in [5.41, 5.74) is 0.227. The maximum absolute atomic E-state index is 11.8. The van der Waals surface area contributed by atoms with Crippen LogP contribution in [0.5, 0.6) is 0 Å². The lowest BCUT2D eigenvalue weighted by atomic mass is 10.1. The van der Waals surface area contributed by atoms with Gasteiger partial charge in [0.2, 0.25) is 0 Å². The number of carbonyl (C=O) groups is 1. The minimum Gasteiger partial charge on any atom is -0.444 e. The average molecular weight is 322 g/mol. The minimum atomic E-state index is -0.508. The number of benzene rings is 2. The van der Waals surface area contributed by atoms with Gasteiger partial charge in [0.05, 0.1) is 5.69 Å². The first kappa shape index (κ1) is 13.9. The van der Waals surface area contributed by atoms with Gasteiger partial charge in [0, 0.05) is 9.86 Å². The van der Waals surface area contributed by atoms with Crippen LogP contribution in [0.3, 0.4) is 0 Å². The molecule has 0 fully saturated rings. The third-order valence-electron chi connectivity index (χ3n) is 2.46. The molecular weight excluding hydrogens is 306 g/mol. The molecule has 0 heterocycles. The highest BCUT2D eigenvalue weighted by atomic mass is 79.9. The number of amides is 1. The number of anilines is 1. The molecule has 0 bridgehead atoms. The second-order valence-corrected chi connectivity index (χ2v) is 6.22. The van der Waals surface area contributed by atoms with Crippen molar-refractivity contribution in [3.05, 3.63) is 40.9 Å². The van der Waals surface area contributed by atoms with Crippen LogP contribution in [0.15, 0.2) is 40.9 Å². The van der Waals surface area contributed by atoms with Gasteiger partial charge >= 0.3 is 6.09 Å². The Labute approximate surface area is 121 Å². The van der Waals surface area contributed by atoms with Crippen LogP contribution in [0.2, 0.25) is 0 Å². The highest BCUT2D eigenvalue weighted by Crippen LogP contribution is 2.28. The molecule has 2 aromatic rings.